The van der Waals surface area contributed by atoms with Gasteiger partial charge in [0.2, 0.25) is 0 Å². The minimum Gasteiger partial charge on any atom is -0.492 e. The van der Waals surface area contributed by atoms with E-state index in [2.05, 4.69) is 36.0 Å². The van der Waals surface area contributed by atoms with Gasteiger partial charge in [-0.25, -0.2) is 0 Å². The van der Waals surface area contributed by atoms with Gasteiger partial charge in [0.05, 0.1) is 31.3 Å². The van der Waals surface area contributed by atoms with Gasteiger partial charge in [-0.15, -0.1) is 0 Å². The first-order chi connectivity index (χ1) is 13.6. The number of anilines is 1. The lowest BCUT2D eigenvalue weighted by Crippen LogP contribution is -2.50. The molecule has 3 aliphatic rings. The van der Waals surface area contributed by atoms with Crippen LogP contribution in [0, 0.1) is 5.41 Å². The third-order valence-corrected chi connectivity index (χ3v) is 6.23. The summed E-state index contributed by atoms with van der Waals surface area (Å²) in [6, 6.07) is 5.18. The Labute approximate surface area is 167 Å². The Bertz CT molecular complexity index is 776. The van der Waals surface area contributed by atoms with Crippen LogP contribution in [-0.4, -0.2) is 56.9 Å². The van der Waals surface area contributed by atoms with Crippen LogP contribution in [0.5, 0.6) is 5.75 Å². The monoisotopic (exact) mass is 385 g/mol. The number of nitrogens with two attached hydrogens (primary N) is 1. The third kappa shape index (κ3) is 3.63. The lowest BCUT2D eigenvalue weighted by atomic mass is 9.88. The Morgan fingerprint density at radius 1 is 1.39 bits per heavy atom. The molecule has 6 nitrogen and oxygen atoms in total. The maximum atomic E-state index is 9.79. The average molecular weight is 386 g/mol. The van der Waals surface area contributed by atoms with Gasteiger partial charge < -0.3 is 25.2 Å². The summed E-state index contributed by atoms with van der Waals surface area (Å²) in [5, 5.41) is 9.79. The summed E-state index contributed by atoms with van der Waals surface area (Å²) in [4.78, 5) is 6.93. The van der Waals surface area contributed by atoms with Crippen molar-refractivity contribution >= 4 is 17.5 Å². The van der Waals surface area contributed by atoms with Crippen molar-refractivity contribution in [1.29, 1.82) is 0 Å². The molecule has 28 heavy (non-hydrogen) atoms. The lowest BCUT2D eigenvalue weighted by Gasteiger charge is -2.40. The molecular weight excluding hydrogens is 354 g/mol. The van der Waals surface area contributed by atoms with Crippen LogP contribution < -0.4 is 15.4 Å². The second-order valence-corrected chi connectivity index (χ2v) is 8.51. The van der Waals surface area contributed by atoms with Gasteiger partial charge >= 0.3 is 0 Å². The van der Waals surface area contributed by atoms with Crippen molar-refractivity contribution in [3.8, 4) is 5.75 Å². The van der Waals surface area contributed by atoms with E-state index >= 15 is 0 Å². The van der Waals surface area contributed by atoms with Crippen molar-refractivity contribution in [2.24, 2.45) is 16.1 Å². The number of fused-ring (bicyclic) bond motifs is 1. The summed E-state index contributed by atoms with van der Waals surface area (Å²) < 4.78 is 11.7. The molecule has 4 rings (SSSR count). The molecular formula is C22H31N3O3. The second kappa shape index (κ2) is 7.76. The van der Waals surface area contributed by atoms with Crippen molar-refractivity contribution < 1.29 is 14.6 Å². The molecule has 6 heteroatoms. The Morgan fingerprint density at radius 3 is 2.79 bits per heavy atom. The molecule has 1 aromatic rings. The smallest absolute Gasteiger partial charge is 0.132 e. The Kier molecular flexibility index (Phi) is 5.34. The summed E-state index contributed by atoms with van der Waals surface area (Å²) >= 11 is 0. The Balaban J connectivity index is 1.70. The van der Waals surface area contributed by atoms with E-state index in [1.54, 1.807) is 6.20 Å². The summed E-state index contributed by atoms with van der Waals surface area (Å²) in [6.45, 7) is 3.82. The fraction of sp³-hybridized carbons (Fsp3) is 0.591. The molecule has 0 bridgehead atoms. The van der Waals surface area contributed by atoms with E-state index in [-0.39, 0.29) is 12.0 Å². The quantitative estimate of drug-likeness (QED) is 0.705. The molecule has 1 aromatic carbocycles. The highest BCUT2D eigenvalue weighted by atomic mass is 16.5. The van der Waals surface area contributed by atoms with Gasteiger partial charge in [-0.1, -0.05) is 0 Å². The highest BCUT2D eigenvalue weighted by molar-refractivity contribution is 6.11. The van der Waals surface area contributed by atoms with E-state index in [0.717, 1.165) is 42.6 Å². The normalized spacial score (nSPS) is 24.2. The summed E-state index contributed by atoms with van der Waals surface area (Å²) in [5.41, 5.74) is 9.94. The molecule has 2 aliphatic heterocycles. The summed E-state index contributed by atoms with van der Waals surface area (Å²) in [6.07, 6.45) is 7.85. The number of allylic oxidation sites excluding steroid dienone is 1. The fourth-order valence-corrected chi connectivity index (χ4v) is 3.81. The van der Waals surface area contributed by atoms with E-state index in [1.165, 1.54) is 11.3 Å². The maximum absolute atomic E-state index is 9.79. The number of aliphatic hydroxyl groups excluding tert-OH is 1. The molecule has 1 unspecified atom stereocenters. The number of hydrogen-bond acceptors (Lipinski definition) is 6. The molecule has 0 aromatic heterocycles. The van der Waals surface area contributed by atoms with Gasteiger partial charge in [-0.2, -0.15) is 0 Å². The first-order valence-electron chi connectivity index (χ1n) is 10.2. The van der Waals surface area contributed by atoms with Gasteiger partial charge in [0.1, 0.15) is 12.4 Å². The van der Waals surface area contributed by atoms with Crippen LogP contribution in [0.15, 0.2) is 23.3 Å². The molecule has 1 aliphatic carbocycles. The van der Waals surface area contributed by atoms with E-state index in [9.17, 15) is 5.11 Å². The number of ether oxygens (including phenoxy) is 2. The van der Waals surface area contributed by atoms with Gasteiger partial charge in [-0.3, -0.25) is 4.99 Å². The number of aliphatic imine (C=N–C) groups is 1. The highest BCUT2D eigenvalue weighted by Crippen LogP contribution is 2.41. The van der Waals surface area contributed by atoms with Crippen molar-refractivity contribution in [1.82, 2.24) is 0 Å². The SMILES string of the molecule is CC1CCc2c(ccc(C(C=NC3CC3)=CN)c2OCC2(CO)COC2)N1C. The van der Waals surface area contributed by atoms with Gasteiger partial charge in [0.15, 0.2) is 0 Å². The molecule has 1 atom stereocenters. The summed E-state index contributed by atoms with van der Waals surface area (Å²) in [5.74, 6) is 0.870. The number of aliphatic hydroxyl groups is 1. The van der Waals surface area contributed by atoms with Crippen LogP contribution >= 0.6 is 0 Å². The molecule has 1 saturated heterocycles. The number of rotatable bonds is 7. The molecule has 0 radical (unpaired) electrons. The van der Waals surface area contributed by atoms with Crippen LogP contribution in [0.2, 0.25) is 0 Å². The van der Waals surface area contributed by atoms with E-state index in [4.69, 9.17) is 15.2 Å². The van der Waals surface area contributed by atoms with Crippen LogP contribution in [0.3, 0.4) is 0 Å². The summed E-state index contributed by atoms with van der Waals surface area (Å²) in [7, 11) is 2.13. The minimum absolute atomic E-state index is 0.0665. The molecule has 2 fully saturated rings. The highest BCUT2D eigenvalue weighted by Gasteiger charge is 2.39. The van der Waals surface area contributed by atoms with Gasteiger partial charge in [0, 0.05) is 47.9 Å². The topological polar surface area (TPSA) is 80.3 Å². The molecule has 0 spiro atoms. The molecule has 2 heterocycles. The van der Waals surface area contributed by atoms with Gasteiger partial charge in [-0.05, 0) is 44.7 Å². The molecule has 1 saturated carbocycles. The zero-order chi connectivity index (χ0) is 19.7. The van der Waals surface area contributed by atoms with Crippen LogP contribution in [0.25, 0.3) is 5.57 Å². The standard InChI is InChI=1S/C22H31N3O3/c1-15-3-6-19-20(25(15)2)8-7-18(16(9-23)10-24-17-4-5-17)21(19)28-14-22(11-26)12-27-13-22/h7-10,15,17,26H,3-6,11-14,23H2,1-2H3. The van der Waals surface area contributed by atoms with Crippen LogP contribution in [-0.2, 0) is 11.2 Å². The van der Waals surface area contributed by atoms with Crippen molar-refractivity contribution in [2.45, 2.75) is 44.7 Å². The van der Waals surface area contributed by atoms with E-state index < -0.39 is 0 Å². The first-order valence-corrected chi connectivity index (χ1v) is 10.2. The Morgan fingerprint density at radius 2 is 2.18 bits per heavy atom. The van der Waals surface area contributed by atoms with Crippen molar-refractivity contribution in [3.05, 3.63) is 29.5 Å². The van der Waals surface area contributed by atoms with Crippen LogP contribution in [0.1, 0.15) is 37.3 Å². The van der Waals surface area contributed by atoms with E-state index in [1.807, 2.05) is 6.21 Å². The van der Waals surface area contributed by atoms with Crippen LogP contribution in [0.4, 0.5) is 5.69 Å². The fourth-order valence-electron chi connectivity index (χ4n) is 3.81. The second-order valence-electron chi connectivity index (χ2n) is 8.51. The van der Waals surface area contributed by atoms with Crippen molar-refractivity contribution in [3.63, 3.8) is 0 Å². The molecule has 152 valence electrons. The molecule has 3 N–H and O–H groups in total. The number of nitrogens with zero attached hydrogens (tertiary/aromatic N) is 2. The van der Waals surface area contributed by atoms with E-state index in [0.29, 0.717) is 31.9 Å². The number of hydrogen-bond donors (Lipinski definition) is 2. The lowest BCUT2D eigenvalue weighted by molar-refractivity contribution is -0.153. The third-order valence-electron chi connectivity index (χ3n) is 6.23. The zero-order valence-electron chi connectivity index (χ0n) is 16.9. The maximum Gasteiger partial charge on any atom is 0.132 e. The molecule has 0 amide bonds. The predicted molar refractivity (Wildman–Crippen MR) is 112 cm³/mol. The van der Waals surface area contributed by atoms with Crippen molar-refractivity contribution in [2.75, 3.05) is 38.4 Å². The predicted octanol–water partition coefficient (Wildman–Crippen LogP) is 2.38. The number of benzene rings is 1. The van der Waals surface area contributed by atoms with Gasteiger partial charge in [0.25, 0.3) is 0 Å². The minimum atomic E-state index is -0.303. The average Bonchev–Trinajstić information content (AvgIpc) is 3.50. The Hall–Kier alpha value is -2.05. The zero-order valence-corrected chi connectivity index (χ0v) is 16.9. The first kappa shape index (κ1) is 19.3. The largest absolute Gasteiger partial charge is 0.492 e.